The van der Waals surface area contributed by atoms with Gasteiger partial charge in [-0.1, -0.05) is 43.3 Å². The quantitative estimate of drug-likeness (QED) is 0.451. The summed E-state index contributed by atoms with van der Waals surface area (Å²) in [4.78, 5) is 13.5. The van der Waals surface area contributed by atoms with E-state index in [1.54, 1.807) is 12.1 Å². The molecule has 3 nitrogen and oxygen atoms in total. The second-order valence-corrected chi connectivity index (χ2v) is 9.00. The molecule has 5 rings (SSSR count). The molecule has 0 aliphatic carbocycles. The lowest BCUT2D eigenvalue weighted by atomic mass is 9.74. The number of benzene rings is 3. The van der Waals surface area contributed by atoms with Crippen molar-refractivity contribution < 1.29 is 22.7 Å². The molecule has 3 aromatic carbocycles. The van der Waals surface area contributed by atoms with E-state index >= 15 is 0 Å². The molecule has 2 aliphatic heterocycles. The maximum atomic E-state index is 13.5. The van der Waals surface area contributed by atoms with Crippen LogP contribution in [0.5, 0.6) is 5.75 Å². The summed E-state index contributed by atoms with van der Waals surface area (Å²) in [6, 6.07) is 16.3. The highest BCUT2D eigenvalue weighted by molar-refractivity contribution is 6.08. The van der Waals surface area contributed by atoms with Gasteiger partial charge in [-0.15, -0.1) is 0 Å². The second-order valence-electron chi connectivity index (χ2n) is 9.00. The molecule has 0 saturated heterocycles. The van der Waals surface area contributed by atoms with E-state index in [9.17, 15) is 18.0 Å². The monoisotopic (exact) mass is 437 g/mol. The molecule has 32 heavy (non-hydrogen) atoms. The van der Waals surface area contributed by atoms with Crippen molar-refractivity contribution in [3.8, 4) is 16.9 Å². The predicted molar refractivity (Wildman–Crippen MR) is 117 cm³/mol. The third kappa shape index (κ3) is 3.08. The molecule has 164 valence electrons. The fraction of sp³-hybridized carbons (Fsp3) is 0.269. The standard InChI is InChI=1S/C26H22F3NO2/c1-14-23(31)22-19(30-25(14,2)3)12-11-18-17-9-4-5-10-20(17)32-24(21(18)22)15-7-6-8-16(13-15)26(27,28)29/h4-14,24,30H,1-3H3/t14-,24-/m1/s1. The highest BCUT2D eigenvalue weighted by Crippen LogP contribution is 2.50. The van der Waals surface area contributed by atoms with Crippen LogP contribution in [0.2, 0.25) is 0 Å². The first kappa shape index (κ1) is 20.6. The molecule has 0 unspecified atom stereocenters. The van der Waals surface area contributed by atoms with Crippen LogP contribution in [0.3, 0.4) is 0 Å². The molecular formula is C26H22F3NO2. The SMILES string of the molecule is C[C@@H]1C(=O)c2c(ccc3c2[C@@H](c2cccc(C(F)(F)F)c2)Oc2ccccc2-3)NC1(C)C. The van der Waals surface area contributed by atoms with Crippen molar-refractivity contribution in [2.75, 3.05) is 5.32 Å². The summed E-state index contributed by atoms with van der Waals surface area (Å²) in [6.45, 7) is 5.80. The Bertz CT molecular complexity index is 1250. The number of anilines is 1. The minimum Gasteiger partial charge on any atom is -0.480 e. The van der Waals surface area contributed by atoms with Gasteiger partial charge in [0.25, 0.3) is 0 Å². The number of carbonyl (C=O) groups excluding carboxylic acids is 1. The van der Waals surface area contributed by atoms with Crippen molar-refractivity contribution in [3.63, 3.8) is 0 Å². The van der Waals surface area contributed by atoms with Crippen LogP contribution < -0.4 is 10.1 Å². The van der Waals surface area contributed by atoms with Gasteiger partial charge in [0.2, 0.25) is 0 Å². The molecule has 3 aromatic rings. The van der Waals surface area contributed by atoms with Gasteiger partial charge in [-0.05, 0) is 49.2 Å². The van der Waals surface area contributed by atoms with Crippen LogP contribution in [-0.4, -0.2) is 11.3 Å². The molecule has 0 aromatic heterocycles. The third-order valence-corrected chi connectivity index (χ3v) is 6.63. The van der Waals surface area contributed by atoms with Crippen LogP contribution in [0.15, 0.2) is 60.7 Å². The van der Waals surface area contributed by atoms with Crippen molar-refractivity contribution in [1.82, 2.24) is 0 Å². The van der Waals surface area contributed by atoms with Crippen molar-refractivity contribution in [1.29, 1.82) is 0 Å². The van der Waals surface area contributed by atoms with Crippen LogP contribution >= 0.6 is 0 Å². The zero-order chi connectivity index (χ0) is 22.8. The Morgan fingerprint density at radius 1 is 0.969 bits per heavy atom. The Kier molecular flexibility index (Phi) is 4.42. The number of hydrogen-bond donors (Lipinski definition) is 1. The van der Waals surface area contributed by atoms with Crippen molar-refractivity contribution in [3.05, 3.63) is 82.9 Å². The molecule has 2 atom stereocenters. The number of rotatable bonds is 1. The lowest BCUT2D eigenvalue weighted by molar-refractivity contribution is -0.137. The summed E-state index contributed by atoms with van der Waals surface area (Å²) in [5.74, 6) is 0.216. The Morgan fingerprint density at radius 2 is 1.72 bits per heavy atom. The van der Waals surface area contributed by atoms with Gasteiger partial charge in [0, 0.05) is 33.8 Å². The van der Waals surface area contributed by atoms with Gasteiger partial charge >= 0.3 is 6.18 Å². The number of alkyl halides is 3. The van der Waals surface area contributed by atoms with Crippen LogP contribution in [0.4, 0.5) is 18.9 Å². The number of Topliss-reactive ketones (excluding diaryl/α,β-unsaturated/α-hetero) is 1. The topological polar surface area (TPSA) is 38.3 Å². The van der Waals surface area contributed by atoms with Crippen molar-refractivity contribution >= 4 is 11.5 Å². The van der Waals surface area contributed by atoms with Crippen LogP contribution in [0.25, 0.3) is 11.1 Å². The molecule has 0 amide bonds. The molecule has 0 bridgehead atoms. The van der Waals surface area contributed by atoms with E-state index in [-0.39, 0.29) is 11.7 Å². The Morgan fingerprint density at radius 3 is 2.47 bits per heavy atom. The number of carbonyl (C=O) groups is 1. The van der Waals surface area contributed by atoms with Crippen molar-refractivity contribution in [2.45, 2.75) is 38.6 Å². The average molecular weight is 437 g/mol. The number of halogens is 3. The zero-order valence-electron chi connectivity index (χ0n) is 17.9. The smallest absolute Gasteiger partial charge is 0.416 e. The molecule has 6 heteroatoms. The average Bonchev–Trinajstić information content (AvgIpc) is 2.75. The Balaban J connectivity index is 1.78. The van der Waals surface area contributed by atoms with Gasteiger partial charge in [0.05, 0.1) is 5.56 Å². The third-order valence-electron chi connectivity index (χ3n) is 6.63. The number of para-hydroxylation sites is 1. The second kappa shape index (κ2) is 6.86. The minimum absolute atomic E-state index is 0.0412. The van der Waals surface area contributed by atoms with Crippen molar-refractivity contribution in [2.24, 2.45) is 5.92 Å². The first-order valence-corrected chi connectivity index (χ1v) is 10.5. The van der Waals surface area contributed by atoms with Gasteiger partial charge < -0.3 is 10.1 Å². The van der Waals surface area contributed by atoms with Crippen LogP contribution in [0, 0.1) is 5.92 Å². The predicted octanol–water partition coefficient (Wildman–Crippen LogP) is 6.88. The van der Waals surface area contributed by atoms with Gasteiger partial charge in [0.1, 0.15) is 5.75 Å². The van der Waals surface area contributed by atoms with Gasteiger partial charge in [-0.2, -0.15) is 13.2 Å². The maximum Gasteiger partial charge on any atom is 0.416 e. The lowest BCUT2D eigenvalue weighted by Gasteiger charge is -2.41. The van der Waals surface area contributed by atoms with E-state index in [4.69, 9.17) is 4.74 Å². The van der Waals surface area contributed by atoms with E-state index in [0.29, 0.717) is 28.1 Å². The highest BCUT2D eigenvalue weighted by Gasteiger charge is 2.43. The fourth-order valence-corrected chi connectivity index (χ4v) is 4.59. The summed E-state index contributed by atoms with van der Waals surface area (Å²) < 4.78 is 46.6. The Hall–Kier alpha value is -3.28. The summed E-state index contributed by atoms with van der Waals surface area (Å²) in [7, 11) is 0. The van der Waals surface area contributed by atoms with Gasteiger partial charge in [-0.25, -0.2) is 0 Å². The number of nitrogens with one attached hydrogen (secondary N) is 1. The highest BCUT2D eigenvalue weighted by atomic mass is 19.4. The van der Waals surface area contributed by atoms with Gasteiger partial charge in [-0.3, -0.25) is 4.79 Å². The van der Waals surface area contributed by atoms with Gasteiger partial charge in [0.15, 0.2) is 11.9 Å². The number of hydrogen-bond acceptors (Lipinski definition) is 3. The number of ketones is 1. The summed E-state index contributed by atoms with van der Waals surface area (Å²) >= 11 is 0. The summed E-state index contributed by atoms with van der Waals surface area (Å²) in [6.07, 6.45) is -5.31. The van der Waals surface area contributed by atoms with Crippen LogP contribution in [-0.2, 0) is 6.18 Å². The van der Waals surface area contributed by atoms with E-state index in [2.05, 4.69) is 5.32 Å². The molecule has 1 N–H and O–H groups in total. The first-order chi connectivity index (χ1) is 15.1. The first-order valence-electron chi connectivity index (χ1n) is 10.5. The largest absolute Gasteiger partial charge is 0.480 e. The molecular weight excluding hydrogens is 415 g/mol. The summed E-state index contributed by atoms with van der Waals surface area (Å²) in [5, 5.41) is 3.44. The molecule has 0 fully saturated rings. The normalized spacial score (nSPS) is 21.0. The summed E-state index contributed by atoms with van der Waals surface area (Å²) in [5.41, 5.74) is 2.56. The van der Waals surface area contributed by atoms with E-state index in [1.807, 2.05) is 51.1 Å². The molecule has 0 radical (unpaired) electrons. The number of ether oxygens (including phenoxy) is 1. The van der Waals surface area contributed by atoms with E-state index < -0.39 is 23.4 Å². The molecule has 2 aliphatic rings. The number of fused-ring (bicyclic) bond motifs is 5. The molecule has 0 spiro atoms. The zero-order valence-corrected chi connectivity index (χ0v) is 17.9. The Labute approximate surface area is 184 Å². The van der Waals surface area contributed by atoms with Crippen LogP contribution in [0.1, 0.15) is 53.9 Å². The fourth-order valence-electron chi connectivity index (χ4n) is 4.59. The maximum absolute atomic E-state index is 13.5. The molecule has 0 saturated carbocycles. The minimum atomic E-state index is -4.47. The molecule has 2 heterocycles. The lowest BCUT2D eigenvalue weighted by Crippen LogP contribution is -2.47. The van der Waals surface area contributed by atoms with E-state index in [0.717, 1.165) is 23.3 Å². The van der Waals surface area contributed by atoms with E-state index in [1.165, 1.54) is 6.07 Å².